The predicted octanol–water partition coefficient (Wildman–Crippen LogP) is 4.15. The van der Waals surface area contributed by atoms with Gasteiger partial charge in [0.15, 0.2) is 11.5 Å². The smallest absolute Gasteiger partial charge is 0.255 e. The first-order valence-electron chi connectivity index (χ1n) is 10.5. The highest BCUT2D eigenvalue weighted by Crippen LogP contribution is 2.46. The number of fused-ring (bicyclic) bond motifs is 1. The number of hydrogen-bond acceptors (Lipinski definition) is 6. The van der Waals surface area contributed by atoms with Crippen molar-refractivity contribution in [1.29, 1.82) is 0 Å². The van der Waals surface area contributed by atoms with Gasteiger partial charge < -0.3 is 29.0 Å². The fourth-order valence-electron chi connectivity index (χ4n) is 4.29. The van der Waals surface area contributed by atoms with Crippen molar-refractivity contribution < 1.29 is 28.8 Å². The maximum Gasteiger partial charge on any atom is 0.255 e. The van der Waals surface area contributed by atoms with E-state index in [0.717, 1.165) is 16.9 Å². The van der Waals surface area contributed by atoms with Gasteiger partial charge in [0, 0.05) is 12.1 Å². The summed E-state index contributed by atoms with van der Waals surface area (Å²) in [6.07, 6.45) is -1.02. The number of aliphatic hydroxyl groups excluding tert-OH is 1. The Kier molecular flexibility index (Phi) is 6.42. The van der Waals surface area contributed by atoms with Gasteiger partial charge in [-0.2, -0.15) is 0 Å². The fraction of sp³-hybridized carbons (Fsp3) is 0.269. The first-order valence-corrected chi connectivity index (χ1v) is 10.5. The summed E-state index contributed by atoms with van der Waals surface area (Å²) in [5.41, 5.74) is 2.84. The zero-order chi connectivity index (χ0) is 23.5. The number of ether oxygens (including phenoxy) is 4. The molecule has 1 amide bonds. The lowest BCUT2D eigenvalue weighted by Gasteiger charge is -2.30. The van der Waals surface area contributed by atoms with Crippen molar-refractivity contribution in [3.63, 3.8) is 0 Å². The Labute approximate surface area is 193 Å². The molecule has 2 atom stereocenters. The van der Waals surface area contributed by atoms with Gasteiger partial charge in [-0.15, -0.1) is 0 Å². The van der Waals surface area contributed by atoms with Crippen molar-refractivity contribution in [2.75, 3.05) is 28.4 Å². The SMILES string of the molecule is COc1ccc(CN2C(=O)c3ccccc3[C@@H]2[C@H](O)c2cc(OC)c(OC)c(OC)c2)cc1. The molecule has 0 aliphatic carbocycles. The van der Waals surface area contributed by atoms with Crippen LogP contribution in [0, 0.1) is 0 Å². The van der Waals surface area contributed by atoms with Crippen molar-refractivity contribution >= 4 is 5.91 Å². The molecule has 0 aromatic heterocycles. The third-order valence-corrected chi connectivity index (χ3v) is 5.95. The second-order valence-electron chi connectivity index (χ2n) is 7.72. The lowest BCUT2D eigenvalue weighted by molar-refractivity contribution is 0.0398. The predicted molar refractivity (Wildman–Crippen MR) is 123 cm³/mol. The molecule has 1 N–H and O–H groups in total. The van der Waals surface area contributed by atoms with E-state index in [2.05, 4.69) is 0 Å². The first kappa shape index (κ1) is 22.5. The van der Waals surface area contributed by atoms with Crippen molar-refractivity contribution in [1.82, 2.24) is 4.90 Å². The largest absolute Gasteiger partial charge is 0.497 e. The number of hydrogen-bond donors (Lipinski definition) is 1. The van der Waals surface area contributed by atoms with Gasteiger partial charge in [-0.05, 0) is 47.0 Å². The average Bonchev–Trinajstić information content (AvgIpc) is 3.14. The van der Waals surface area contributed by atoms with Crippen LogP contribution in [-0.2, 0) is 6.54 Å². The van der Waals surface area contributed by atoms with Crippen LogP contribution in [0.15, 0.2) is 60.7 Å². The highest BCUT2D eigenvalue weighted by atomic mass is 16.5. The third kappa shape index (κ3) is 4.07. The molecule has 3 aromatic rings. The highest BCUT2D eigenvalue weighted by molar-refractivity contribution is 5.99. The van der Waals surface area contributed by atoms with Gasteiger partial charge in [-0.25, -0.2) is 0 Å². The summed E-state index contributed by atoms with van der Waals surface area (Å²) in [5.74, 6) is 1.92. The molecule has 0 unspecified atom stereocenters. The molecule has 4 rings (SSSR count). The van der Waals surface area contributed by atoms with E-state index in [1.165, 1.54) is 21.3 Å². The summed E-state index contributed by atoms with van der Waals surface area (Å²) >= 11 is 0. The van der Waals surface area contributed by atoms with E-state index in [-0.39, 0.29) is 5.91 Å². The normalized spacial score (nSPS) is 15.7. The number of methoxy groups -OCH3 is 4. The average molecular weight is 450 g/mol. The number of carbonyl (C=O) groups excluding carboxylic acids is 1. The van der Waals surface area contributed by atoms with Crippen LogP contribution < -0.4 is 18.9 Å². The van der Waals surface area contributed by atoms with Gasteiger partial charge >= 0.3 is 0 Å². The fourth-order valence-corrected chi connectivity index (χ4v) is 4.29. The Morgan fingerprint density at radius 2 is 1.52 bits per heavy atom. The molecule has 1 aliphatic rings. The Bertz CT molecular complexity index is 1120. The number of aliphatic hydroxyl groups is 1. The van der Waals surface area contributed by atoms with Crippen LogP contribution in [0.3, 0.4) is 0 Å². The number of amides is 1. The van der Waals surface area contributed by atoms with Crippen LogP contribution >= 0.6 is 0 Å². The van der Waals surface area contributed by atoms with Gasteiger partial charge in [-0.1, -0.05) is 30.3 Å². The minimum absolute atomic E-state index is 0.127. The number of nitrogens with zero attached hydrogens (tertiary/aromatic N) is 1. The molecule has 0 saturated heterocycles. The van der Waals surface area contributed by atoms with Crippen molar-refractivity contribution in [3.05, 3.63) is 82.9 Å². The molecule has 7 heteroatoms. The van der Waals surface area contributed by atoms with E-state index in [0.29, 0.717) is 34.9 Å². The molecule has 1 heterocycles. The lowest BCUT2D eigenvalue weighted by atomic mass is 9.94. The zero-order valence-electron chi connectivity index (χ0n) is 19.1. The molecule has 0 bridgehead atoms. The van der Waals surface area contributed by atoms with E-state index in [1.807, 2.05) is 42.5 Å². The summed E-state index contributed by atoms with van der Waals surface area (Å²) in [6, 6.07) is 17.8. The van der Waals surface area contributed by atoms with E-state index in [1.54, 1.807) is 30.2 Å². The van der Waals surface area contributed by atoms with E-state index in [9.17, 15) is 9.90 Å². The minimum Gasteiger partial charge on any atom is -0.497 e. The van der Waals surface area contributed by atoms with Crippen LogP contribution in [0.5, 0.6) is 23.0 Å². The van der Waals surface area contributed by atoms with Gasteiger partial charge in [0.05, 0.1) is 34.5 Å². The third-order valence-electron chi connectivity index (χ3n) is 5.95. The van der Waals surface area contributed by atoms with E-state index < -0.39 is 12.1 Å². The summed E-state index contributed by atoms with van der Waals surface area (Å²) in [4.78, 5) is 15.0. The van der Waals surface area contributed by atoms with E-state index in [4.69, 9.17) is 18.9 Å². The summed E-state index contributed by atoms with van der Waals surface area (Å²) in [5, 5.41) is 11.6. The van der Waals surface area contributed by atoms with Gasteiger partial charge in [0.2, 0.25) is 5.75 Å². The molecule has 3 aromatic carbocycles. The summed E-state index contributed by atoms with van der Waals surface area (Å²) < 4.78 is 21.6. The van der Waals surface area contributed by atoms with Crippen molar-refractivity contribution in [2.45, 2.75) is 18.7 Å². The Balaban J connectivity index is 1.75. The number of rotatable bonds is 8. The summed E-state index contributed by atoms with van der Waals surface area (Å²) in [7, 11) is 6.19. The number of benzene rings is 3. The second-order valence-corrected chi connectivity index (χ2v) is 7.72. The molecule has 0 radical (unpaired) electrons. The molecule has 0 saturated carbocycles. The zero-order valence-corrected chi connectivity index (χ0v) is 19.1. The monoisotopic (exact) mass is 449 g/mol. The van der Waals surface area contributed by atoms with Gasteiger partial charge in [-0.3, -0.25) is 4.79 Å². The summed E-state index contributed by atoms with van der Waals surface area (Å²) in [6.45, 7) is 0.337. The topological polar surface area (TPSA) is 77.5 Å². The molecule has 1 aliphatic heterocycles. The molecule has 172 valence electrons. The van der Waals surface area contributed by atoms with Crippen LogP contribution in [0.25, 0.3) is 0 Å². The van der Waals surface area contributed by atoms with Gasteiger partial charge in [0.25, 0.3) is 5.91 Å². The minimum atomic E-state index is -1.02. The van der Waals surface area contributed by atoms with E-state index >= 15 is 0 Å². The Morgan fingerprint density at radius 1 is 0.879 bits per heavy atom. The molecular formula is C26H27NO6. The first-order chi connectivity index (χ1) is 16.0. The van der Waals surface area contributed by atoms with Crippen LogP contribution in [0.2, 0.25) is 0 Å². The maximum atomic E-state index is 13.3. The Morgan fingerprint density at radius 3 is 2.09 bits per heavy atom. The maximum absolute atomic E-state index is 13.3. The van der Waals surface area contributed by atoms with Crippen LogP contribution in [0.4, 0.5) is 0 Å². The molecular weight excluding hydrogens is 422 g/mol. The quantitative estimate of drug-likeness (QED) is 0.557. The number of carbonyl (C=O) groups is 1. The van der Waals surface area contributed by atoms with Crippen molar-refractivity contribution in [2.24, 2.45) is 0 Å². The molecule has 0 spiro atoms. The Hall–Kier alpha value is -3.71. The van der Waals surface area contributed by atoms with Gasteiger partial charge in [0.1, 0.15) is 11.9 Å². The second kappa shape index (κ2) is 9.42. The standard InChI is InChI=1S/C26H27NO6/c1-30-18-11-9-16(10-12-18)15-27-23(19-7-5-6-8-20(19)26(27)29)24(28)17-13-21(31-2)25(33-4)22(14-17)32-3/h5-14,23-24,28H,15H2,1-4H3/t23-,24-/m1/s1. The van der Waals surface area contributed by atoms with Crippen LogP contribution in [-0.4, -0.2) is 44.4 Å². The van der Waals surface area contributed by atoms with Crippen LogP contribution in [0.1, 0.15) is 39.2 Å². The lowest BCUT2D eigenvalue weighted by Crippen LogP contribution is -2.31. The molecule has 0 fully saturated rings. The van der Waals surface area contributed by atoms with Crippen molar-refractivity contribution in [3.8, 4) is 23.0 Å². The molecule has 7 nitrogen and oxygen atoms in total. The highest BCUT2D eigenvalue weighted by Gasteiger charge is 2.41. The molecule has 33 heavy (non-hydrogen) atoms.